The summed E-state index contributed by atoms with van der Waals surface area (Å²) >= 11 is 0. The smallest absolute Gasteiger partial charge is 0.123 e. The summed E-state index contributed by atoms with van der Waals surface area (Å²) in [6, 6.07) is 11.2. The van der Waals surface area contributed by atoms with Gasteiger partial charge in [-0.25, -0.2) is 0 Å². The maximum atomic E-state index is 9.76. The van der Waals surface area contributed by atoms with Gasteiger partial charge >= 0.3 is 0 Å². The molecule has 0 unspecified atom stereocenters. The van der Waals surface area contributed by atoms with Gasteiger partial charge in [0.15, 0.2) is 0 Å². The number of phenols is 1. The Morgan fingerprint density at radius 1 is 1.00 bits per heavy atom. The lowest BCUT2D eigenvalue weighted by atomic mass is 10.1. The maximum Gasteiger partial charge on any atom is 0.123 e. The van der Waals surface area contributed by atoms with Gasteiger partial charge in [-0.3, -0.25) is 0 Å². The molecule has 0 saturated carbocycles. The number of rotatable bonds is 5. The topological polar surface area (TPSA) is 45.0 Å². The van der Waals surface area contributed by atoms with Crippen LogP contribution in [0, 0.1) is 0 Å². The van der Waals surface area contributed by atoms with E-state index in [0.29, 0.717) is 0 Å². The van der Waals surface area contributed by atoms with Crippen LogP contribution in [-0.4, -0.2) is 11.7 Å². The molecule has 2 aromatic carbocycles. The van der Waals surface area contributed by atoms with Gasteiger partial charge in [0.05, 0.1) is 12.2 Å². The van der Waals surface area contributed by atoms with Gasteiger partial charge in [-0.15, -0.1) is 0 Å². The largest absolute Gasteiger partial charge is 0.507 e. The van der Waals surface area contributed by atoms with E-state index in [1.807, 2.05) is 24.3 Å². The zero-order valence-electron chi connectivity index (χ0n) is 10.6. The molecule has 0 aromatic heterocycles. The molecule has 0 heterocycles. The number of aromatic hydroxyl groups is 1. The number of phenolic OH excluding ortho intramolecular Hbond substituents is 1. The summed E-state index contributed by atoms with van der Waals surface area (Å²) < 4.78 is 0. The first-order chi connectivity index (χ1) is 8.83. The van der Waals surface area contributed by atoms with Crippen LogP contribution in [0.2, 0.25) is 0 Å². The molecule has 0 aliphatic rings. The van der Waals surface area contributed by atoms with Crippen LogP contribution < -0.4 is 0 Å². The molecule has 2 aromatic rings. The molecule has 18 heavy (non-hydrogen) atoms. The van der Waals surface area contributed by atoms with Crippen molar-refractivity contribution < 1.29 is 5.11 Å². The van der Waals surface area contributed by atoms with Crippen LogP contribution in [0.5, 0.6) is 5.75 Å². The molecule has 94 valence electrons. The third kappa shape index (κ3) is 2.86. The van der Waals surface area contributed by atoms with Gasteiger partial charge in [0.25, 0.3) is 0 Å². The number of hydrogen-bond donors (Lipinski definition) is 1. The van der Waals surface area contributed by atoms with Gasteiger partial charge < -0.3 is 5.11 Å². The lowest BCUT2D eigenvalue weighted by Crippen LogP contribution is -1.79. The van der Waals surface area contributed by atoms with E-state index in [-0.39, 0.29) is 5.75 Å². The first kappa shape index (κ1) is 12.6. The summed E-state index contributed by atoms with van der Waals surface area (Å²) in [5.41, 5.74) is 0.819. The van der Waals surface area contributed by atoms with Crippen molar-refractivity contribution in [2.75, 3.05) is 6.54 Å². The Morgan fingerprint density at radius 2 is 1.78 bits per heavy atom. The van der Waals surface area contributed by atoms with Crippen LogP contribution in [0.3, 0.4) is 0 Å². The predicted molar refractivity (Wildman–Crippen MR) is 74.5 cm³/mol. The van der Waals surface area contributed by atoms with Gasteiger partial charge in [0.2, 0.25) is 0 Å². The van der Waals surface area contributed by atoms with Crippen molar-refractivity contribution in [1.29, 1.82) is 0 Å². The number of unbranched alkanes of at least 4 members (excludes halogenated alkanes) is 2. The number of nitrogens with zero attached hydrogens (tertiary/aromatic N) is 2. The third-order valence-corrected chi connectivity index (χ3v) is 2.92. The van der Waals surface area contributed by atoms with E-state index >= 15 is 0 Å². The Morgan fingerprint density at radius 3 is 2.56 bits per heavy atom. The molecular weight excluding hydrogens is 224 g/mol. The fourth-order valence-electron chi connectivity index (χ4n) is 1.91. The highest BCUT2D eigenvalue weighted by Crippen LogP contribution is 2.32. The van der Waals surface area contributed by atoms with Crippen molar-refractivity contribution in [3.63, 3.8) is 0 Å². The molecule has 0 spiro atoms. The molecule has 0 amide bonds. The molecule has 0 radical (unpaired) electrons. The summed E-state index contributed by atoms with van der Waals surface area (Å²) in [7, 11) is 0. The van der Waals surface area contributed by atoms with Crippen molar-refractivity contribution in [3.8, 4) is 5.75 Å². The maximum absolute atomic E-state index is 9.76. The van der Waals surface area contributed by atoms with Crippen LogP contribution in [0.1, 0.15) is 26.2 Å². The quantitative estimate of drug-likeness (QED) is 0.593. The molecule has 0 saturated heterocycles. The second-order valence-corrected chi connectivity index (χ2v) is 4.32. The summed E-state index contributed by atoms with van der Waals surface area (Å²) in [5.74, 6) is 0.288. The molecule has 0 atom stereocenters. The van der Waals surface area contributed by atoms with Crippen molar-refractivity contribution in [2.24, 2.45) is 10.2 Å². The Kier molecular flexibility index (Phi) is 4.29. The fraction of sp³-hybridized carbons (Fsp3) is 0.333. The lowest BCUT2D eigenvalue weighted by Gasteiger charge is -2.03. The minimum absolute atomic E-state index is 0.288. The Labute approximate surface area is 107 Å². The van der Waals surface area contributed by atoms with E-state index in [1.54, 1.807) is 12.1 Å². The van der Waals surface area contributed by atoms with E-state index in [2.05, 4.69) is 17.2 Å². The fourth-order valence-corrected chi connectivity index (χ4v) is 1.91. The van der Waals surface area contributed by atoms with Gasteiger partial charge in [-0.1, -0.05) is 44.0 Å². The SMILES string of the molecule is CCCCC/N=N/c1ccc(O)c2ccccc12. The molecule has 0 aliphatic heterocycles. The van der Waals surface area contributed by atoms with E-state index < -0.39 is 0 Å². The van der Waals surface area contributed by atoms with Crippen molar-refractivity contribution in [2.45, 2.75) is 26.2 Å². The van der Waals surface area contributed by atoms with Crippen LogP contribution in [0.15, 0.2) is 46.6 Å². The Hall–Kier alpha value is -1.90. The summed E-state index contributed by atoms with van der Waals surface area (Å²) in [4.78, 5) is 0. The van der Waals surface area contributed by atoms with Crippen LogP contribution in [0.25, 0.3) is 10.8 Å². The zero-order chi connectivity index (χ0) is 12.8. The first-order valence-corrected chi connectivity index (χ1v) is 6.41. The first-order valence-electron chi connectivity index (χ1n) is 6.41. The standard InChI is InChI=1S/C15H18N2O/c1-2-3-6-11-16-17-14-9-10-15(18)13-8-5-4-7-12(13)14/h4-5,7-10,18H,2-3,6,11H2,1H3/b17-16+. The normalized spacial score (nSPS) is 11.4. The molecule has 0 fully saturated rings. The minimum atomic E-state index is 0.288. The predicted octanol–water partition coefficient (Wildman–Crippen LogP) is 4.82. The highest BCUT2D eigenvalue weighted by atomic mass is 16.3. The van der Waals surface area contributed by atoms with Gasteiger partial charge in [0, 0.05) is 10.8 Å². The van der Waals surface area contributed by atoms with Crippen LogP contribution in [0.4, 0.5) is 5.69 Å². The molecule has 3 heteroatoms. The third-order valence-electron chi connectivity index (χ3n) is 2.92. The Bertz CT molecular complexity index is 549. The minimum Gasteiger partial charge on any atom is -0.507 e. The van der Waals surface area contributed by atoms with Gasteiger partial charge in [0.1, 0.15) is 5.75 Å². The average Bonchev–Trinajstić information content (AvgIpc) is 2.41. The summed E-state index contributed by atoms with van der Waals surface area (Å²) in [5, 5.41) is 20.0. The van der Waals surface area contributed by atoms with E-state index in [1.165, 1.54) is 12.8 Å². The van der Waals surface area contributed by atoms with Crippen molar-refractivity contribution in [3.05, 3.63) is 36.4 Å². The molecule has 0 aliphatic carbocycles. The number of fused-ring (bicyclic) bond motifs is 1. The molecular formula is C15H18N2O. The second-order valence-electron chi connectivity index (χ2n) is 4.32. The highest BCUT2D eigenvalue weighted by molar-refractivity contribution is 5.96. The number of azo groups is 1. The zero-order valence-corrected chi connectivity index (χ0v) is 10.6. The lowest BCUT2D eigenvalue weighted by molar-refractivity contribution is 0.481. The van der Waals surface area contributed by atoms with Crippen LogP contribution in [-0.2, 0) is 0 Å². The number of hydrogen-bond acceptors (Lipinski definition) is 3. The van der Waals surface area contributed by atoms with E-state index in [0.717, 1.165) is 29.4 Å². The molecule has 1 N–H and O–H groups in total. The highest BCUT2D eigenvalue weighted by Gasteiger charge is 2.03. The molecule has 2 rings (SSSR count). The second kappa shape index (κ2) is 6.15. The average molecular weight is 242 g/mol. The van der Waals surface area contributed by atoms with E-state index in [9.17, 15) is 5.11 Å². The van der Waals surface area contributed by atoms with Crippen molar-refractivity contribution >= 4 is 16.5 Å². The van der Waals surface area contributed by atoms with Gasteiger partial charge in [-0.2, -0.15) is 10.2 Å². The van der Waals surface area contributed by atoms with Crippen LogP contribution >= 0.6 is 0 Å². The number of benzene rings is 2. The van der Waals surface area contributed by atoms with Gasteiger partial charge in [-0.05, 0) is 18.6 Å². The molecule has 0 bridgehead atoms. The molecule has 3 nitrogen and oxygen atoms in total. The summed E-state index contributed by atoms with van der Waals surface area (Å²) in [6.07, 6.45) is 3.46. The summed E-state index contributed by atoms with van der Waals surface area (Å²) in [6.45, 7) is 2.94. The Balaban J connectivity index is 2.21. The van der Waals surface area contributed by atoms with Crippen molar-refractivity contribution in [1.82, 2.24) is 0 Å². The van der Waals surface area contributed by atoms with E-state index in [4.69, 9.17) is 0 Å². The monoisotopic (exact) mass is 242 g/mol.